The molecule has 6 heteroatoms. The van der Waals surface area contributed by atoms with Crippen LogP contribution in [-0.2, 0) is 6.54 Å². The van der Waals surface area contributed by atoms with Crippen LogP contribution in [0.25, 0.3) is 11.0 Å². The maximum atomic E-state index is 13.0. The molecule has 2 aromatic heterocycles. The van der Waals surface area contributed by atoms with Crippen molar-refractivity contribution in [3.8, 4) is 0 Å². The van der Waals surface area contributed by atoms with Crippen LogP contribution in [0.3, 0.4) is 0 Å². The first-order valence-electron chi connectivity index (χ1n) is 7.59. The fourth-order valence-electron chi connectivity index (χ4n) is 2.76. The molecule has 2 heterocycles. The molecule has 0 aliphatic heterocycles. The molecule has 4 nitrogen and oxygen atoms in total. The average Bonchev–Trinajstić information content (AvgIpc) is 3.24. The van der Waals surface area contributed by atoms with Crippen LogP contribution in [0.1, 0.15) is 21.7 Å². The number of imidazole rings is 1. The minimum absolute atomic E-state index is 0.195. The van der Waals surface area contributed by atoms with Crippen molar-refractivity contribution >= 4 is 40.0 Å². The summed E-state index contributed by atoms with van der Waals surface area (Å²) < 4.78 is 7.75. The maximum Gasteiger partial charge on any atom is 0.228 e. The number of nitrogens with zero attached hydrogens (tertiary/aromatic N) is 2. The molecule has 0 bridgehead atoms. The van der Waals surface area contributed by atoms with E-state index < -0.39 is 0 Å². The van der Waals surface area contributed by atoms with Crippen LogP contribution in [0.15, 0.2) is 65.6 Å². The van der Waals surface area contributed by atoms with Crippen molar-refractivity contribution in [3.05, 3.63) is 88.1 Å². The Labute approximate surface area is 153 Å². The number of aromatic nitrogens is 2. The van der Waals surface area contributed by atoms with Crippen LogP contribution in [-0.4, -0.2) is 15.3 Å². The van der Waals surface area contributed by atoms with Crippen molar-refractivity contribution in [1.82, 2.24) is 9.55 Å². The Morgan fingerprint density at radius 2 is 1.84 bits per heavy atom. The molecule has 124 valence electrons. The van der Waals surface area contributed by atoms with Crippen molar-refractivity contribution in [3.63, 3.8) is 0 Å². The molecule has 4 rings (SSSR count). The summed E-state index contributed by atoms with van der Waals surface area (Å²) in [5.74, 6) is 0.104. The van der Waals surface area contributed by atoms with E-state index >= 15 is 0 Å². The van der Waals surface area contributed by atoms with Gasteiger partial charge >= 0.3 is 0 Å². The molecule has 0 amide bonds. The molecule has 0 spiro atoms. The van der Waals surface area contributed by atoms with Crippen molar-refractivity contribution in [1.29, 1.82) is 0 Å². The van der Waals surface area contributed by atoms with Gasteiger partial charge in [-0.3, -0.25) is 4.79 Å². The van der Waals surface area contributed by atoms with Crippen molar-refractivity contribution < 1.29 is 9.21 Å². The fourth-order valence-corrected chi connectivity index (χ4v) is 3.05. The smallest absolute Gasteiger partial charge is 0.228 e. The number of halogens is 2. The number of ketones is 1. The summed E-state index contributed by atoms with van der Waals surface area (Å²) in [6.07, 6.45) is 5.22. The number of rotatable bonds is 4. The minimum atomic E-state index is -0.195. The van der Waals surface area contributed by atoms with Gasteiger partial charge < -0.3 is 8.98 Å². The summed E-state index contributed by atoms with van der Waals surface area (Å²) in [6.45, 7) is 0.460. The van der Waals surface area contributed by atoms with E-state index in [2.05, 4.69) is 4.98 Å². The van der Waals surface area contributed by atoms with Crippen molar-refractivity contribution in [2.45, 2.75) is 6.54 Å². The van der Waals surface area contributed by atoms with E-state index in [-0.39, 0.29) is 5.78 Å². The minimum Gasteiger partial charge on any atom is -0.452 e. The van der Waals surface area contributed by atoms with E-state index in [0.29, 0.717) is 33.5 Å². The number of benzene rings is 2. The summed E-state index contributed by atoms with van der Waals surface area (Å²) in [4.78, 5) is 17.0. The van der Waals surface area contributed by atoms with Gasteiger partial charge in [0, 0.05) is 39.0 Å². The van der Waals surface area contributed by atoms with Crippen LogP contribution in [0.5, 0.6) is 0 Å². The molecule has 0 fully saturated rings. The Bertz CT molecular complexity index is 1050. The average molecular weight is 371 g/mol. The Morgan fingerprint density at radius 1 is 1.08 bits per heavy atom. The lowest BCUT2D eigenvalue weighted by molar-refractivity contribution is 0.101. The van der Waals surface area contributed by atoms with Gasteiger partial charge in [-0.05, 0) is 42.5 Å². The monoisotopic (exact) mass is 370 g/mol. The Hall–Kier alpha value is -2.56. The Morgan fingerprint density at radius 3 is 2.56 bits per heavy atom. The molecule has 0 aliphatic carbocycles. The fraction of sp³-hybridized carbons (Fsp3) is 0.0526. The van der Waals surface area contributed by atoms with Crippen molar-refractivity contribution in [2.75, 3.05) is 0 Å². The molecule has 0 unspecified atom stereocenters. The molecule has 0 saturated heterocycles. The molecule has 0 aliphatic rings. The lowest BCUT2D eigenvalue weighted by Crippen LogP contribution is -2.06. The van der Waals surface area contributed by atoms with E-state index in [1.165, 1.54) is 0 Å². The van der Waals surface area contributed by atoms with Crippen LogP contribution in [0.2, 0.25) is 10.0 Å². The highest BCUT2D eigenvalue weighted by molar-refractivity contribution is 6.31. The van der Waals surface area contributed by atoms with Gasteiger partial charge in [-0.2, -0.15) is 0 Å². The topological polar surface area (TPSA) is 48.0 Å². The van der Waals surface area contributed by atoms with Gasteiger partial charge in [0.05, 0.1) is 12.9 Å². The van der Waals surface area contributed by atoms with Gasteiger partial charge in [-0.1, -0.05) is 23.2 Å². The highest BCUT2D eigenvalue weighted by atomic mass is 35.5. The van der Waals surface area contributed by atoms with Crippen LogP contribution < -0.4 is 0 Å². The van der Waals surface area contributed by atoms with E-state index in [9.17, 15) is 4.79 Å². The third-order valence-corrected chi connectivity index (χ3v) is 4.45. The molecule has 2 aromatic carbocycles. The lowest BCUT2D eigenvalue weighted by Gasteiger charge is -2.04. The second kappa shape index (κ2) is 6.39. The Kier molecular flexibility index (Phi) is 4.07. The first kappa shape index (κ1) is 15.9. The second-order valence-corrected chi connectivity index (χ2v) is 6.49. The van der Waals surface area contributed by atoms with Gasteiger partial charge in [-0.25, -0.2) is 4.98 Å². The van der Waals surface area contributed by atoms with Crippen LogP contribution in [0.4, 0.5) is 0 Å². The summed E-state index contributed by atoms with van der Waals surface area (Å²) in [7, 11) is 0. The van der Waals surface area contributed by atoms with E-state index in [4.69, 9.17) is 27.6 Å². The molecular formula is C19H12Cl2N2O2. The third kappa shape index (κ3) is 3.06. The summed E-state index contributed by atoms with van der Waals surface area (Å²) in [5, 5.41) is 1.98. The zero-order valence-electron chi connectivity index (χ0n) is 12.9. The van der Waals surface area contributed by atoms with E-state index in [1.807, 2.05) is 16.8 Å². The number of hydrogen-bond donors (Lipinski definition) is 0. The predicted octanol–water partition coefficient (Wildman–Crippen LogP) is 5.22. The third-order valence-electron chi connectivity index (χ3n) is 3.97. The molecule has 0 N–H and O–H groups in total. The highest BCUT2D eigenvalue weighted by Gasteiger charge is 2.22. The molecule has 4 aromatic rings. The highest BCUT2D eigenvalue weighted by Crippen LogP contribution is 2.31. The summed E-state index contributed by atoms with van der Waals surface area (Å²) in [5.41, 5.74) is 1.91. The van der Waals surface area contributed by atoms with Gasteiger partial charge in [-0.15, -0.1) is 0 Å². The maximum absolute atomic E-state index is 13.0. The molecule has 0 atom stereocenters. The van der Waals surface area contributed by atoms with Gasteiger partial charge in [0.15, 0.2) is 5.76 Å². The SMILES string of the molecule is O=C(c1ccc(Cl)cc1)c1oc2ccc(Cl)cc2c1Cn1ccnc1. The molecule has 25 heavy (non-hydrogen) atoms. The van der Waals surface area contributed by atoms with Gasteiger partial charge in [0.25, 0.3) is 0 Å². The largest absolute Gasteiger partial charge is 0.452 e. The van der Waals surface area contributed by atoms with Crippen LogP contribution >= 0.6 is 23.2 Å². The first-order valence-corrected chi connectivity index (χ1v) is 8.34. The number of carbonyl (C=O) groups is 1. The van der Waals surface area contributed by atoms with Gasteiger partial charge in [0.1, 0.15) is 5.58 Å². The summed E-state index contributed by atoms with van der Waals surface area (Å²) in [6, 6.07) is 12.1. The number of carbonyl (C=O) groups excluding carboxylic acids is 1. The van der Waals surface area contributed by atoms with E-state index in [1.54, 1.807) is 48.9 Å². The summed E-state index contributed by atoms with van der Waals surface area (Å²) >= 11 is 12.0. The van der Waals surface area contributed by atoms with Crippen molar-refractivity contribution in [2.24, 2.45) is 0 Å². The predicted molar refractivity (Wildman–Crippen MR) is 97.4 cm³/mol. The molecule has 0 saturated carbocycles. The molecule has 0 radical (unpaired) electrons. The first-order chi connectivity index (χ1) is 12.1. The zero-order valence-corrected chi connectivity index (χ0v) is 14.5. The van der Waals surface area contributed by atoms with Gasteiger partial charge in [0.2, 0.25) is 5.78 Å². The number of hydrogen-bond acceptors (Lipinski definition) is 3. The van der Waals surface area contributed by atoms with E-state index in [0.717, 1.165) is 10.9 Å². The van der Waals surface area contributed by atoms with Crippen LogP contribution in [0, 0.1) is 0 Å². The second-order valence-electron chi connectivity index (χ2n) is 5.62. The normalized spacial score (nSPS) is 11.1. The standard InChI is InChI=1S/C19H12Cl2N2O2/c20-13-3-1-12(2-4-13)18(24)19-16(10-23-8-7-22-11-23)15-9-14(21)5-6-17(15)25-19/h1-9,11H,10H2. The Balaban J connectivity index is 1.87. The quantitative estimate of drug-likeness (QED) is 0.463. The zero-order chi connectivity index (χ0) is 17.4. The lowest BCUT2D eigenvalue weighted by atomic mass is 10.0. The number of fused-ring (bicyclic) bond motifs is 1. The molecular weight excluding hydrogens is 359 g/mol. The number of furan rings is 1.